The Morgan fingerprint density at radius 1 is 1.17 bits per heavy atom. The molecule has 0 aliphatic carbocycles. The van der Waals surface area contributed by atoms with E-state index in [9.17, 15) is 18.0 Å². The number of ether oxygens (including phenoxy) is 1. The topological polar surface area (TPSA) is 105 Å². The molecule has 0 bridgehead atoms. The molecule has 1 aliphatic heterocycles. The zero-order valence-electron chi connectivity index (χ0n) is 19.2. The van der Waals surface area contributed by atoms with E-state index in [-0.39, 0.29) is 6.54 Å². The number of nitrogens with zero attached hydrogens (tertiary/aromatic N) is 3. The molecule has 1 aliphatic rings. The normalized spacial score (nSPS) is 13.8. The van der Waals surface area contributed by atoms with E-state index < -0.39 is 18.1 Å². The quantitative estimate of drug-likeness (QED) is 0.528. The molecule has 2 heterocycles. The summed E-state index contributed by atoms with van der Waals surface area (Å²) in [7, 11) is 0. The molecule has 0 saturated carbocycles. The molecule has 188 valence electrons. The minimum atomic E-state index is -5.08. The van der Waals surface area contributed by atoms with Crippen LogP contribution in [0.25, 0.3) is 10.9 Å². The minimum absolute atomic E-state index is 0.0780. The zero-order valence-corrected chi connectivity index (χ0v) is 19.2. The molecule has 8 nitrogen and oxygen atoms in total. The van der Waals surface area contributed by atoms with Crippen LogP contribution in [0.1, 0.15) is 36.6 Å². The third-order valence-electron chi connectivity index (χ3n) is 5.45. The average molecular weight is 493 g/mol. The maximum absolute atomic E-state index is 11.0. The van der Waals surface area contributed by atoms with Gasteiger partial charge in [-0.1, -0.05) is 18.2 Å². The van der Waals surface area contributed by atoms with Gasteiger partial charge in [0.1, 0.15) is 12.4 Å². The van der Waals surface area contributed by atoms with E-state index in [1.807, 2.05) is 27.9 Å². The van der Waals surface area contributed by atoms with Crippen LogP contribution >= 0.6 is 0 Å². The molecule has 0 unspecified atom stereocenters. The van der Waals surface area contributed by atoms with Crippen molar-refractivity contribution in [3.63, 3.8) is 0 Å². The second kappa shape index (κ2) is 10.8. The molecule has 0 amide bonds. The van der Waals surface area contributed by atoms with Crippen LogP contribution in [-0.4, -0.2) is 56.1 Å². The second-order valence-corrected chi connectivity index (χ2v) is 8.42. The summed E-state index contributed by atoms with van der Waals surface area (Å²) in [5, 5.41) is 21.7. The van der Waals surface area contributed by atoms with Crippen LogP contribution in [0.3, 0.4) is 0 Å². The van der Waals surface area contributed by atoms with E-state index in [1.165, 1.54) is 5.56 Å². The maximum Gasteiger partial charge on any atom is 0.490 e. The van der Waals surface area contributed by atoms with Gasteiger partial charge < -0.3 is 14.9 Å². The lowest BCUT2D eigenvalue weighted by Gasteiger charge is -2.28. The van der Waals surface area contributed by atoms with Crippen molar-refractivity contribution < 1.29 is 37.7 Å². The summed E-state index contributed by atoms with van der Waals surface area (Å²) in [6.07, 6.45) is -2.38. The lowest BCUT2D eigenvalue weighted by molar-refractivity contribution is -0.192. The number of carboxylic acid groups (broad SMARTS) is 2. The highest BCUT2D eigenvalue weighted by atomic mass is 19.4. The molecule has 0 fully saturated rings. The van der Waals surface area contributed by atoms with Gasteiger partial charge in [0.05, 0.1) is 18.3 Å². The first-order valence-electron chi connectivity index (χ1n) is 10.9. The van der Waals surface area contributed by atoms with Gasteiger partial charge >= 0.3 is 18.1 Å². The number of alkyl halides is 3. The van der Waals surface area contributed by atoms with E-state index in [0.29, 0.717) is 19.2 Å². The number of rotatable bonds is 6. The van der Waals surface area contributed by atoms with E-state index in [2.05, 4.69) is 43.2 Å². The van der Waals surface area contributed by atoms with Crippen LogP contribution < -0.4 is 4.74 Å². The van der Waals surface area contributed by atoms with Crippen LogP contribution in [0.4, 0.5) is 13.2 Å². The molecule has 11 heteroatoms. The summed E-state index contributed by atoms with van der Waals surface area (Å²) >= 11 is 0. The van der Waals surface area contributed by atoms with Gasteiger partial charge in [-0.25, -0.2) is 4.79 Å². The highest BCUT2D eigenvalue weighted by Gasteiger charge is 2.38. The average Bonchev–Trinajstić information content (AvgIpc) is 3.20. The van der Waals surface area contributed by atoms with Crippen LogP contribution in [0.15, 0.2) is 42.6 Å². The number of aliphatic carboxylic acids is 2. The highest BCUT2D eigenvalue weighted by Crippen LogP contribution is 2.29. The van der Waals surface area contributed by atoms with E-state index in [0.717, 1.165) is 40.7 Å². The summed E-state index contributed by atoms with van der Waals surface area (Å²) in [4.78, 5) is 21.8. The van der Waals surface area contributed by atoms with E-state index in [1.54, 1.807) is 0 Å². The number of halogens is 3. The van der Waals surface area contributed by atoms with Gasteiger partial charge in [0.15, 0.2) is 0 Å². The van der Waals surface area contributed by atoms with Gasteiger partial charge in [-0.05, 0) is 55.2 Å². The van der Waals surface area contributed by atoms with Gasteiger partial charge in [0.25, 0.3) is 0 Å². The van der Waals surface area contributed by atoms with Crippen molar-refractivity contribution >= 4 is 22.8 Å². The fraction of sp³-hybridized carbons (Fsp3) is 0.375. The standard InChI is InChI=1S/C22H25N3O3.C2HF3O2/c1-15(2)25-20-7-6-16(10-18(20)11-23-25)14-28-21-5-3-4-17-12-24(13-22(26)27)9-8-19(17)21;3-2(4,5)1(6)7/h3-7,10-11,15H,8-9,12-14H2,1-2H3,(H,26,27);(H,6,7). The minimum Gasteiger partial charge on any atom is -0.489 e. The van der Waals surface area contributed by atoms with Crippen molar-refractivity contribution in [1.29, 1.82) is 0 Å². The van der Waals surface area contributed by atoms with Crippen molar-refractivity contribution in [3.05, 3.63) is 59.3 Å². The molecule has 35 heavy (non-hydrogen) atoms. The monoisotopic (exact) mass is 493 g/mol. The summed E-state index contributed by atoms with van der Waals surface area (Å²) in [6, 6.07) is 12.7. The first-order valence-corrected chi connectivity index (χ1v) is 10.9. The molecule has 2 aromatic carbocycles. The number of benzene rings is 2. The summed E-state index contributed by atoms with van der Waals surface area (Å²) in [5.41, 5.74) is 4.59. The van der Waals surface area contributed by atoms with Crippen molar-refractivity contribution in [2.24, 2.45) is 0 Å². The third-order valence-corrected chi connectivity index (χ3v) is 5.45. The maximum atomic E-state index is 11.0. The summed E-state index contributed by atoms with van der Waals surface area (Å²) in [6.45, 7) is 6.21. The molecule has 4 rings (SSSR count). The fourth-order valence-electron chi connectivity index (χ4n) is 3.86. The molecule has 0 spiro atoms. The second-order valence-electron chi connectivity index (χ2n) is 8.42. The van der Waals surface area contributed by atoms with Gasteiger partial charge in [0.2, 0.25) is 0 Å². The highest BCUT2D eigenvalue weighted by molar-refractivity contribution is 5.79. The van der Waals surface area contributed by atoms with E-state index in [4.69, 9.17) is 19.7 Å². The molecule has 3 aromatic rings. The molecule has 0 atom stereocenters. The summed E-state index contributed by atoms with van der Waals surface area (Å²) < 4.78 is 39.9. The smallest absolute Gasteiger partial charge is 0.489 e. The molecule has 1 aromatic heterocycles. The lowest BCUT2D eigenvalue weighted by atomic mass is 9.98. The van der Waals surface area contributed by atoms with Crippen molar-refractivity contribution in [1.82, 2.24) is 14.7 Å². The van der Waals surface area contributed by atoms with Crippen molar-refractivity contribution in [3.8, 4) is 5.75 Å². The van der Waals surface area contributed by atoms with Crippen molar-refractivity contribution in [2.75, 3.05) is 13.1 Å². The number of hydrogen-bond acceptors (Lipinski definition) is 5. The predicted octanol–water partition coefficient (Wildman–Crippen LogP) is 4.27. The fourth-order valence-corrected chi connectivity index (χ4v) is 3.86. The Kier molecular flexibility index (Phi) is 8.00. The number of carbonyl (C=O) groups is 2. The first kappa shape index (κ1) is 26.0. The van der Waals surface area contributed by atoms with E-state index >= 15 is 0 Å². The van der Waals surface area contributed by atoms with Gasteiger partial charge in [-0.15, -0.1) is 0 Å². The predicted molar refractivity (Wildman–Crippen MR) is 121 cm³/mol. The number of aromatic nitrogens is 2. The Bertz CT molecular complexity index is 1210. The Hall–Kier alpha value is -3.60. The molecular weight excluding hydrogens is 467 g/mol. The van der Waals surface area contributed by atoms with Crippen LogP contribution in [0.2, 0.25) is 0 Å². The molecular formula is C24H26F3N3O5. The van der Waals surface area contributed by atoms with Crippen LogP contribution in [-0.2, 0) is 29.2 Å². The molecule has 0 radical (unpaired) electrons. The zero-order chi connectivity index (χ0) is 25.8. The number of hydrogen-bond donors (Lipinski definition) is 2. The largest absolute Gasteiger partial charge is 0.490 e. The third kappa shape index (κ3) is 6.72. The lowest BCUT2D eigenvalue weighted by Crippen LogP contribution is -2.34. The Morgan fingerprint density at radius 2 is 1.89 bits per heavy atom. The Labute approximate surface area is 199 Å². The molecule has 2 N–H and O–H groups in total. The number of carboxylic acids is 2. The Morgan fingerprint density at radius 3 is 2.51 bits per heavy atom. The first-order chi connectivity index (χ1) is 16.5. The van der Waals surface area contributed by atoms with Gasteiger partial charge in [-0.2, -0.15) is 18.3 Å². The van der Waals surface area contributed by atoms with Gasteiger partial charge in [-0.3, -0.25) is 14.4 Å². The van der Waals surface area contributed by atoms with Gasteiger partial charge in [0, 0.05) is 24.5 Å². The SMILES string of the molecule is CC(C)n1ncc2cc(COc3cccc4c3CCN(CC(=O)O)C4)ccc21.O=C(O)C(F)(F)F. The van der Waals surface area contributed by atoms with Crippen LogP contribution in [0.5, 0.6) is 5.75 Å². The van der Waals surface area contributed by atoms with Crippen LogP contribution in [0, 0.1) is 0 Å². The van der Waals surface area contributed by atoms with Crippen molar-refractivity contribution in [2.45, 2.75) is 45.6 Å². The Balaban J connectivity index is 0.000000429. The number of fused-ring (bicyclic) bond motifs is 2. The molecule has 0 saturated heterocycles. The summed E-state index contributed by atoms with van der Waals surface area (Å²) in [5.74, 6) is -2.65.